The van der Waals surface area contributed by atoms with Crippen LogP contribution in [0.15, 0.2) is 0 Å². The molecule has 1 heterocycles. The van der Waals surface area contributed by atoms with Gasteiger partial charge in [-0.1, -0.05) is 6.92 Å². The molecule has 0 bridgehead atoms. The molecular formula is C15H26N2O2. The highest BCUT2D eigenvalue weighted by Gasteiger charge is 2.54. The van der Waals surface area contributed by atoms with Crippen molar-refractivity contribution < 1.29 is 9.53 Å². The van der Waals surface area contributed by atoms with Gasteiger partial charge in [0.05, 0.1) is 7.11 Å². The number of esters is 1. The van der Waals surface area contributed by atoms with Crippen molar-refractivity contribution in [3.05, 3.63) is 0 Å². The molecule has 2 saturated carbocycles. The Labute approximate surface area is 115 Å². The van der Waals surface area contributed by atoms with Crippen molar-refractivity contribution in [2.24, 2.45) is 11.8 Å². The van der Waals surface area contributed by atoms with Gasteiger partial charge < -0.3 is 9.64 Å². The largest absolute Gasteiger partial charge is 0.468 e. The van der Waals surface area contributed by atoms with Crippen molar-refractivity contribution in [2.45, 2.75) is 50.6 Å². The van der Waals surface area contributed by atoms with Crippen LogP contribution < -0.4 is 5.32 Å². The zero-order valence-corrected chi connectivity index (χ0v) is 12.2. The van der Waals surface area contributed by atoms with E-state index in [2.05, 4.69) is 17.1 Å². The molecular weight excluding hydrogens is 240 g/mol. The molecule has 19 heavy (non-hydrogen) atoms. The second-order valence-electron chi connectivity index (χ2n) is 6.78. The zero-order valence-electron chi connectivity index (χ0n) is 12.2. The summed E-state index contributed by atoms with van der Waals surface area (Å²) in [5.74, 6) is 1.20. The Hall–Kier alpha value is -0.610. The number of methoxy groups -OCH3 is 1. The Morgan fingerprint density at radius 3 is 2.53 bits per heavy atom. The fourth-order valence-electron chi connectivity index (χ4n) is 3.46. The molecule has 3 aliphatic rings. The summed E-state index contributed by atoms with van der Waals surface area (Å²) < 4.78 is 5.15. The number of hydrogen-bond donors (Lipinski definition) is 1. The van der Waals surface area contributed by atoms with Crippen LogP contribution in [-0.2, 0) is 9.53 Å². The van der Waals surface area contributed by atoms with Crippen LogP contribution in [0, 0.1) is 11.8 Å². The molecule has 0 amide bonds. The number of likely N-dealkylation sites (tertiary alicyclic amines) is 1. The molecule has 3 fully saturated rings. The molecule has 0 spiro atoms. The molecule has 108 valence electrons. The molecule has 0 radical (unpaired) electrons. The molecule has 2 atom stereocenters. The molecule has 4 heteroatoms. The third-order valence-electron chi connectivity index (χ3n) is 4.84. The van der Waals surface area contributed by atoms with Crippen LogP contribution in [0.1, 0.15) is 39.0 Å². The Morgan fingerprint density at radius 2 is 2.05 bits per heavy atom. The van der Waals surface area contributed by atoms with Gasteiger partial charge in [-0.15, -0.1) is 0 Å². The highest BCUT2D eigenvalue weighted by Crippen LogP contribution is 2.43. The standard InChI is InChI=1S/C15H26N2O2/c1-11-7-8-17(9-11)10-15(12-3-4-12,14(18)19-2)16-13-5-6-13/h11-13,16H,3-10H2,1-2H3. The normalized spacial score (nSPS) is 31.2. The van der Waals surface area contributed by atoms with E-state index < -0.39 is 5.54 Å². The summed E-state index contributed by atoms with van der Waals surface area (Å²) in [6.07, 6.45) is 6.01. The van der Waals surface area contributed by atoms with E-state index in [4.69, 9.17) is 4.74 Å². The van der Waals surface area contributed by atoms with E-state index in [9.17, 15) is 4.79 Å². The maximum Gasteiger partial charge on any atom is 0.327 e. The minimum absolute atomic E-state index is 0.0403. The summed E-state index contributed by atoms with van der Waals surface area (Å²) in [6.45, 7) is 5.38. The highest BCUT2D eigenvalue weighted by atomic mass is 16.5. The van der Waals surface area contributed by atoms with Gasteiger partial charge in [-0.05, 0) is 50.5 Å². The van der Waals surface area contributed by atoms with Gasteiger partial charge in [0.15, 0.2) is 0 Å². The molecule has 0 aromatic rings. The van der Waals surface area contributed by atoms with Gasteiger partial charge in [0, 0.05) is 19.1 Å². The highest BCUT2D eigenvalue weighted by molar-refractivity contribution is 5.82. The van der Waals surface area contributed by atoms with Crippen molar-refractivity contribution >= 4 is 5.97 Å². The van der Waals surface area contributed by atoms with E-state index in [0.29, 0.717) is 12.0 Å². The number of carbonyl (C=O) groups is 1. The molecule has 2 aliphatic carbocycles. The van der Waals surface area contributed by atoms with Crippen molar-refractivity contribution in [3.8, 4) is 0 Å². The monoisotopic (exact) mass is 266 g/mol. The van der Waals surface area contributed by atoms with Gasteiger partial charge in [0.25, 0.3) is 0 Å². The second-order valence-corrected chi connectivity index (χ2v) is 6.78. The van der Waals surface area contributed by atoms with Crippen LogP contribution in [0.2, 0.25) is 0 Å². The topological polar surface area (TPSA) is 41.6 Å². The predicted octanol–water partition coefficient (Wildman–Crippen LogP) is 1.40. The van der Waals surface area contributed by atoms with Gasteiger partial charge in [-0.2, -0.15) is 0 Å². The molecule has 4 nitrogen and oxygen atoms in total. The van der Waals surface area contributed by atoms with E-state index >= 15 is 0 Å². The lowest BCUT2D eigenvalue weighted by Gasteiger charge is -2.36. The van der Waals surface area contributed by atoms with E-state index in [1.807, 2.05) is 0 Å². The molecule has 1 saturated heterocycles. The Kier molecular flexibility index (Phi) is 3.56. The number of rotatable bonds is 6. The minimum atomic E-state index is -0.431. The molecule has 0 aromatic heterocycles. The number of nitrogens with one attached hydrogen (secondary N) is 1. The summed E-state index contributed by atoms with van der Waals surface area (Å²) >= 11 is 0. The first kappa shape index (κ1) is 13.4. The minimum Gasteiger partial charge on any atom is -0.468 e. The van der Waals surface area contributed by atoms with Crippen LogP contribution in [-0.4, -0.2) is 49.2 Å². The third kappa shape index (κ3) is 2.79. The van der Waals surface area contributed by atoms with Gasteiger partial charge in [-0.25, -0.2) is 4.79 Å². The molecule has 0 aromatic carbocycles. The van der Waals surface area contributed by atoms with Crippen LogP contribution >= 0.6 is 0 Å². The maximum atomic E-state index is 12.4. The van der Waals surface area contributed by atoms with Crippen molar-refractivity contribution in [1.29, 1.82) is 0 Å². The first-order valence-corrected chi connectivity index (χ1v) is 7.72. The lowest BCUT2D eigenvalue weighted by Crippen LogP contribution is -2.61. The van der Waals surface area contributed by atoms with Crippen LogP contribution in [0.4, 0.5) is 0 Å². The lowest BCUT2D eigenvalue weighted by atomic mass is 9.92. The molecule has 3 rings (SSSR count). The van der Waals surface area contributed by atoms with Gasteiger partial charge in [0.2, 0.25) is 0 Å². The quantitative estimate of drug-likeness (QED) is 0.738. The van der Waals surface area contributed by atoms with Gasteiger partial charge in [-0.3, -0.25) is 5.32 Å². The SMILES string of the molecule is COC(=O)C(CN1CCC(C)C1)(NC1CC1)C1CC1. The summed E-state index contributed by atoms with van der Waals surface area (Å²) in [4.78, 5) is 14.9. The maximum absolute atomic E-state index is 12.4. The average molecular weight is 266 g/mol. The smallest absolute Gasteiger partial charge is 0.327 e. The van der Waals surface area contributed by atoms with E-state index in [0.717, 1.165) is 38.4 Å². The van der Waals surface area contributed by atoms with E-state index in [-0.39, 0.29) is 5.97 Å². The van der Waals surface area contributed by atoms with Crippen LogP contribution in [0.5, 0.6) is 0 Å². The van der Waals surface area contributed by atoms with E-state index in [1.54, 1.807) is 0 Å². The van der Waals surface area contributed by atoms with Crippen LogP contribution in [0.3, 0.4) is 0 Å². The molecule has 2 unspecified atom stereocenters. The summed E-state index contributed by atoms with van der Waals surface area (Å²) in [7, 11) is 1.53. The second kappa shape index (κ2) is 5.06. The third-order valence-corrected chi connectivity index (χ3v) is 4.84. The van der Waals surface area contributed by atoms with E-state index in [1.165, 1.54) is 26.4 Å². The number of nitrogens with zero attached hydrogens (tertiary/aromatic N) is 1. The zero-order chi connectivity index (χ0) is 13.5. The van der Waals surface area contributed by atoms with Crippen molar-refractivity contribution in [3.63, 3.8) is 0 Å². The fourth-order valence-corrected chi connectivity index (χ4v) is 3.46. The number of ether oxygens (including phenoxy) is 1. The Bertz CT molecular complexity index is 352. The molecule has 1 aliphatic heterocycles. The lowest BCUT2D eigenvalue weighted by molar-refractivity contribution is -0.150. The van der Waals surface area contributed by atoms with Crippen molar-refractivity contribution in [1.82, 2.24) is 10.2 Å². The van der Waals surface area contributed by atoms with Crippen LogP contribution in [0.25, 0.3) is 0 Å². The van der Waals surface area contributed by atoms with Gasteiger partial charge in [0.1, 0.15) is 5.54 Å². The first-order valence-electron chi connectivity index (χ1n) is 7.72. The average Bonchev–Trinajstić information content (AvgIpc) is 3.28. The summed E-state index contributed by atoms with van der Waals surface area (Å²) in [6, 6.07) is 0.541. The summed E-state index contributed by atoms with van der Waals surface area (Å²) in [5.41, 5.74) is -0.431. The predicted molar refractivity (Wildman–Crippen MR) is 73.8 cm³/mol. The van der Waals surface area contributed by atoms with Gasteiger partial charge >= 0.3 is 5.97 Å². The first-order chi connectivity index (χ1) is 9.14. The number of carbonyl (C=O) groups excluding carboxylic acids is 1. The Balaban J connectivity index is 1.74. The summed E-state index contributed by atoms with van der Waals surface area (Å²) in [5, 5.41) is 3.64. The fraction of sp³-hybridized carbons (Fsp3) is 0.933. The molecule has 1 N–H and O–H groups in total. The Morgan fingerprint density at radius 1 is 1.32 bits per heavy atom. The van der Waals surface area contributed by atoms with Crippen molar-refractivity contribution in [2.75, 3.05) is 26.7 Å². The number of hydrogen-bond acceptors (Lipinski definition) is 4.